The number of hydrogen-bond acceptors (Lipinski definition) is 4. The van der Waals surface area contributed by atoms with Gasteiger partial charge < -0.3 is 5.32 Å². The molecule has 0 bridgehead atoms. The molecule has 24 heavy (non-hydrogen) atoms. The Morgan fingerprint density at radius 2 is 2.04 bits per heavy atom. The highest BCUT2D eigenvalue weighted by Gasteiger charge is 2.18. The zero-order chi connectivity index (χ0) is 16.8. The fraction of sp³-hybridized carbons (Fsp3) is 0.222. The van der Waals surface area contributed by atoms with Crippen molar-refractivity contribution in [3.63, 3.8) is 0 Å². The number of nitrogens with zero attached hydrogens (tertiary/aromatic N) is 4. The van der Waals surface area contributed by atoms with Crippen LogP contribution in [0.25, 0.3) is 0 Å². The predicted octanol–water partition coefficient (Wildman–Crippen LogP) is 2.05. The molecule has 0 spiro atoms. The predicted molar refractivity (Wildman–Crippen MR) is 90.0 cm³/mol. The van der Waals surface area contributed by atoms with Crippen molar-refractivity contribution in [1.82, 2.24) is 25.1 Å². The second-order valence-corrected chi connectivity index (χ2v) is 5.56. The molecule has 0 aliphatic heterocycles. The second-order valence-electron chi connectivity index (χ2n) is 5.56. The van der Waals surface area contributed by atoms with Crippen LogP contribution in [0.1, 0.15) is 29.3 Å². The van der Waals surface area contributed by atoms with E-state index in [9.17, 15) is 4.79 Å². The highest BCUT2D eigenvalue weighted by Crippen LogP contribution is 2.21. The first kappa shape index (κ1) is 15.9. The Kier molecular flexibility index (Phi) is 4.96. The third-order valence-corrected chi connectivity index (χ3v) is 3.75. The molecule has 0 saturated heterocycles. The maximum absolute atomic E-state index is 12.4. The van der Waals surface area contributed by atoms with Crippen molar-refractivity contribution in [3.05, 3.63) is 78.1 Å². The summed E-state index contributed by atoms with van der Waals surface area (Å²) in [7, 11) is 1.86. The topological polar surface area (TPSA) is 72.7 Å². The number of nitrogens with one attached hydrogen (secondary N) is 1. The Balaban J connectivity index is 1.71. The lowest BCUT2D eigenvalue weighted by Gasteiger charge is -2.18. The molecule has 0 aliphatic carbocycles. The average Bonchev–Trinajstić information content (AvgIpc) is 3.05. The van der Waals surface area contributed by atoms with Crippen molar-refractivity contribution in [2.75, 3.05) is 0 Å². The van der Waals surface area contributed by atoms with Gasteiger partial charge in [0, 0.05) is 37.1 Å². The lowest BCUT2D eigenvalue weighted by Crippen LogP contribution is -2.29. The van der Waals surface area contributed by atoms with Gasteiger partial charge >= 0.3 is 0 Å². The molecule has 2 aromatic heterocycles. The Hall–Kier alpha value is -3.02. The monoisotopic (exact) mass is 321 g/mol. The Bertz CT molecular complexity index is 785. The summed E-state index contributed by atoms with van der Waals surface area (Å²) in [5, 5.41) is 7.31. The van der Waals surface area contributed by atoms with Gasteiger partial charge in [-0.05, 0) is 18.1 Å². The van der Waals surface area contributed by atoms with Crippen LogP contribution in [0.4, 0.5) is 0 Å². The number of carbonyl (C=O) groups is 1. The van der Waals surface area contributed by atoms with Crippen molar-refractivity contribution in [2.45, 2.75) is 18.9 Å². The Morgan fingerprint density at radius 1 is 1.21 bits per heavy atom. The number of aryl methyl sites for hydroxylation is 2. The van der Waals surface area contributed by atoms with Gasteiger partial charge in [0.1, 0.15) is 6.33 Å². The smallest absolute Gasteiger partial charge is 0.221 e. The average molecular weight is 321 g/mol. The van der Waals surface area contributed by atoms with Crippen molar-refractivity contribution >= 4 is 5.91 Å². The summed E-state index contributed by atoms with van der Waals surface area (Å²) in [6, 6.07) is 11.5. The zero-order valence-corrected chi connectivity index (χ0v) is 13.5. The molecule has 1 unspecified atom stereocenters. The van der Waals surface area contributed by atoms with Gasteiger partial charge in [-0.25, -0.2) is 9.97 Å². The minimum absolute atomic E-state index is 0.0219. The van der Waals surface area contributed by atoms with Gasteiger partial charge in [0.2, 0.25) is 5.91 Å². The van der Waals surface area contributed by atoms with Crippen LogP contribution >= 0.6 is 0 Å². The molecular formula is C18H19N5O. The number of aromatic nitrogens is 4. The fourth-order valence-corrected chi connectivity index (χ4v) is 2.53. The molecule has 6 nitrogen and oxygen atoms in total. The fourth-order valence-electron chi connectivity index (χ4n) is 2.53. The van der Waals surface area contributed by atoms with E-state index in [1.807, 2.05) is 49.6 Å². The maximum Gasteiger partial charge on any atom is 0.221 e. The highest BCUT2D eigenvalue weighted by atomic mass is 16.1. The molecule has 0 fully saturated rings. The Labute approximate surface area is 140 Å². The lowest BCUT2D eigenvalue weighted by molar-refractivity contribution is -0.121. The quantitative estimate of drug-likeness (QED) is 0.754. The minimum atomic E-state index is -0.210. The summed E-state index contributed by atoms with van der Waals surface area (Å²) in [5.74, 6) is -0.0219. The van der Waals surface area contributed by atoms with Crippen LogP contribution in [0.15, 0.2) is 61.3 Å². The van der Waals surface area contributed by atoms with E-state index in [2.05, 4.69) is 20.4 Å². The third-order valence-electron chi connectivity index (χ3n) is 3.75. The molecule has 0 saturated carbocycles. The SMILES string of the molecule is Cn1cc(C(NC(=O)CCc2ccncn2)c2ccccc2)cn1. The van der Waals surface area contributed by atoms with E-state index in [-0.39, 0.29) is 11.9 Å². The third kappa shape index (κ3) is 4.04. The van der Waals surface area contributed by atoms with Gasteiger partial charge in [0.05, 0.1) is 12.2 Å². The number of benzene rings is 1. The molecular weight excluding hydrogens is 302 g/mol. The van der Waals surface area contributed by atoms with E-state index in [0.29, 0.717) is 12.8 Å². The summed E-state index contributed by atoms with van der Waals surface area (Å²) >= 11 is 0. The number of hydrogen-bond donors (Lipinski definition) is 1. The van der Waals surface area contributed by atoms with Gasteiger partial charge in [-0.2, -0.15) is 5.10 Å². The van der Waals surface area contributed by atoms with Crippen LogP contribution in [0.5, 0.6) is 0 Å². The molecule has 3 rings (SSSR count). The van der Waals surface area contributed by atoms with Gasteiger partial charge in [0.25, 0.3) is 0 Å². The van der Waals surface area contributed by atoms with Crippen LogP contribution in [0, 0.1) is 0 Å². The van der Waals surface area contributed by atoms with Crippen molar-refractivity contribution in [2.24, 2.45) is 7.05 Å². The van der Waals surface area contributed by atoms with Crippen molar-refractivity contribution in [3.8, 4) is 0 Å². The normalized spacial score (nSPS) is 11.9. The van der Waals surface area contributed by atoms with Crippen LogP contribution < -0.4 is 5.32 Å². The molecule has 0 aliphatic rings. The lowest BCUT2D eigenvalue weighted by atomic mass is 10.0. The van der Waals surface area contributed by atoms with Gasteiger partial charge in [-0.1, -0.05) is 30.3 Å². The zero-order valence-electron chi connectivity index (χ0n) is 13.5. The van der Waals surface area contributed by atoms with Crippen molar-refractivity contribution < 1.29 is 4.79 Å². The van der Waals surface area contributed by atoms with Crippen LogP contribution in [0.3, 0.4) is 0 Å². The number of rotatable bonds is 6. The van der Waals surface area contributed by atoms with Crippen LogP contribution in [-0.2, 0) is 18.3 Å². The Morgan fingerprint density at radius 3 is 2.71 bits per heavy atom. The molecule has 1 amide bonds. The molecule has 0 radical (unpaired) electrons. The minimum Gasteiger partial charge on any atom is -0.345 e. The molecule has 1 atom stereocenters. The van der Waals surface area contributed by atoms with Crippen LogP contribution in [0.2, 0.25) is 0 Å². The summed E-state index contributed by atoms with van der Waals surface area (Å²) in [6.45, 7) is 0. The molecule has 6 heteroatoms. The molecule has 122 valence electrons. The molecule has 1 aromatic carbocycles. The van der Waals surface area contributed by atoms with E-state index in [1.54, 1.807) is 17.1 Å². The number of carbonyl (C=O) groups excluding carboxylic acids is 1. The number of amides is 1. The largest absolute Gasteiger partial charge is 0.345 e. The van der Waals surface area contributed by atoms with E-state index in [1.165, 1.54) is 6.33 Å². The molecule has 3 aromatic rings. The van der Waals surface area contributed by atoms with Gasteiger partial charge in [-0.3, -0.25) is 9.48 Å². The first-order valence-corrected chi connectivity index (χ1v) is 7.80. The maximum atomic E-state index is 12.4. The standard InChI is InChI=1S/C18H19N5O/c1-23-12-15(11-21-23)18(14-5-3-2-4-6-14)22-17(24)8-7-16-9-10-19-13-20-16/h2-6,9-13,18H,7-8H2,1H3,(H,22,24). The highest BCUT2D eigenvalue weighted by molar-refractivity contribution is 5.77. The van der Waals surface area contributed by atoms with E-state index < -0.39 is 0 Å². The summed E-state index contributed by atoms with van der Waals surface area (Å²) in [5.41, 5.74) is 2.85. The van der Waals surface area contributed by atoms with E-state index in [4.69, 9.17) is 0 Å². The summed E-state index contributed by atoms with van der Waals surface area (Å²) in [4.78, 5) is 20.4. The first-order valence-electron chi connectivity index (χ1n) is 7.80. The summed E-state index contributed by atoms with van der Waals surface area (Å²) < 4.78 is 1.73. The van der Waals surface area contributed by atoms with E-state index >= 15 is 0 Å². The van der Waals surface area contributed by atoms with Crippen molar-refractivity contribution in [1.29, 1.82) is 0 Å². The van der Waals surface area contributed by atoms with Crippen LogP contribution in [-0.4, -0.2) is 25.7 Å². The molecule has 2 heterocycles. The molecule has 1 N–H and O–H groups in total. The van der Waals surface area contributed by atoms with Gasteiger partial charge in [0.15, 0.2) is 0 Å². The van der Waals surface area contributed by atoms with Gasteiger partial charge in [-0.15, -0.1) is 0 Å². The van der Waals surface area contributed by atoms with E-state index in [0.717, 1.165) is 16.8 Å². The second kappa shape index (κ2) is 7.50. The summed E-state index contributed by atoms with van der Waals surface area (Å²) in [6.07, 6.45) is 7.84. The first-order chi connectivity index (χ1) is 11.7.